The van der Waals surface area contributed by atoms with E-state index in [2.05, 4.69) is 140 Å². The molecule has 0 saturated heterocycles. The number of rotatable bonds is 4. The van der Waals surface area contributed by atoms with Gasteiger partial charge in [-0.25, -0.2) is 15.0 Å². The van der Waals surface area contributed by atoms with Crippen LogP contribution >= 0.6 is 0 Å². The fourth-order valence-corrected chi connectivity index (χ4v) is 8.90. The minimum absolute atomic E-state index is 0.423. The number of aromatic nitrogens is 3. The molecule has 1 heterocycles. The fourth-order valence-electron chi connectivity index (χ4n) is 8.90. The molecule has 236 valence electrons. The third-order valence-corrected chi connectivity index (χ3v) is 10.9. The van der Waals surface area contributed by atoms with Gasteiger partial charge in [0.25, 0.3) is 0 Å². The Morgan fingerprint density at radius 1 is 0.294 bits per heavy atom. The maximum Gasteiger partial charge on any atom is 0.164 e. The first kappa shape index (κ1) is 28.2. The molecule has 0 fully saturated rings. The van der Waals surface area contributed by atoms with Crippen LogP contribution in [0.25, 0.3) is 78.0 Å². The molecule has 2 aliphatic carbocycles. The van der Waals surface area contributed by atoms with E-state index in [9.17, 15) is 0 Å². The van der Waals surface area contributed by atoms with Crippen LogP contribution in [0.1, 0.15) is 22.3 Å². The van der Waals surface area contributed by atoms with Crippen LogP contribution < -0.4 is 0 Å². The molecule has 8 aromatic carbocycles. The summed E-state index contributed by atoms with van der Waals surface area (Å²) < 4.78 is 0. The average Bonchev–Trinajstić information content (AvgIpc) is 3.69. The zero-order chi connectivity index (χ0) is 33.5. The third kappa shape index (κ3) is 3.86. The Labute approximate surface area is 295 Å². The van der Waals surface area contributed by atoms with Gasteiger partial charge in [-0.2, -0.15) is 0 Å². The molecular formula is C48H29N3. The Hall–Kier alpha value is -6.71. The second kappa shape index (κ2) is 10.6. The van der Waals surface area contributed by atoms with Gasteiger partial charge in [0, 0.05) is 16.7 Å². The van der Waals surface area contributed by atoms with Gasteiger partial charge in [0.1, 0.15) is 0 Å². The summed E-state index contributed by atoms with van der Waals surface area (Å²) >= 11 is 0. The Bertz CT molecular complexity index is 2740. The average molecular weight is 648 g/mol. The van der Waals surface area contributed by atoms with E-state index in [1.165, 1.54) is 60.5 Å². The maximum atomic E-state index is 5.15. The molecule has 0 aliphatic heterocycles. The smallest absolute Gasteiger partial charge is 0.164 e. The van der Waals surface area contributed by atoms with Gasteiger partial charge in [-0.3, -0.25) is 0 Å². The molecule has 0 saturated carbocycles. The quantitative estimate of drug-likeness (QED) is 0.178. The molecule has 0 atom stereocenters. The molecule has 1 aromatic heterocycles. The van der Waals surface area contributed by atoms with E-state index >= 15 is 0 Å². The Balaban J connectivity index is 1.19. The van der Waals surface area contributed by atoms with Crippen molar-refractivity contribution in [2.75, 3.05) is 0 Å². The van der Waals surface area contributed by atoms with Gasteiger partial charge in [0.2, 0.25) is 0 Å². The van der Waals surface area contributed by atoms with Crippen molar-refractivity contribution in [2.24, 2.45) is 0 Å². The van der Waals surface area contributed by atoms with E-state index < -0.39 is 5.41 Å². The Kier molecular flexibility index (Phi) is 5.88. The van der Waals surface area contributed by atoms with Crippen molar-refractivity contribution in [2.45, 2.75) is 5.41 Å². The van der Waals surface area contributed by atoms with Crippen molar-refractivity contribution in [3.05, 3.63) is 198 Å². The van der Waals surface area contributed by atoms with Crippen molar-refractivity contribution < 1.29 is 0 Å². The van der Waals surface area contributed by atoms with E-state index in [0.717, 1.165) is 22.3 Å². The lowest BCUT2D eigenvalue weighted by molar-refractivity contribution is 0.797. The van der Waals surface area contributed by atoms with Gasteiger partial charge in [-0.05, 0) is 66.1 Å². The normalized spacial score (nSPS) is 13.3. The second-order valence-corrected chi connectivity index (χ2v) is 13.5. The van der Waals surface area contributed by atoms with Crippen LogP contribution in [0.15, 0.2) is 176 Å². The Morgan fingerprint density at radius 2 is 0.745 bits per heavy atom. The van der Waals surface area contributed by atoms with Crippen LogP contribution in [0.4, 0.5) is 0 Å². The summed E-state index contributed by atoms with van der Waals surface area (Å²) in [5.41, 5.74) is 12.6. The monoisotopic (exact) mass is 647 g/mol. The number of benzene rings is 8. The largest absolute Gasteiger partial charge is 0.208 e. The van der Waals surface area contributed by atoms with Crippen molar-refractivity contribution in [3.63, 3.8) is 0 Å². The lowest BCUT2D eigenvalue weighted by Gasteiger charge is -2.31. The molecule has 3 heteroatoms. The van der Waals surface area contributed by atoms with E-state index in [4.69, 9.17) is 15.0 Å². The zero-order valence-electron chi connectivity index (χ0n) is 27.6. The summed E-state index contributed by atoms with van der Waals surface area (Å²) in [6.07, 6.45) is 0. The summed E-state index contributed by atoms with van der Waals surface area (Å²) in [5, 5.41) is 5.31. The molecule has 1 spiro atoms. The maximum absolute atomic E-state index is 5.15. The zero-order valence-corrected chi connectivity index (χ0v) is 27.6. The fraction of sp³-hybridized carbons (Fsp3) is 0.0208. The minimum Gasteiger partial charge on any atom is -0.208 e. The first-order chi connectivity index (χ1) is 25.3. The molecule has 0 bridgehead atoms. The molecule has 0 unspecified atom stereocenters. The van der Waals surface area contributed by atoms with Crippen LogP contribution in [0.3, 0.4) is 0 Å². The van der Waals surface area contributed by atoms with Gasteiger partial charge in [0.05, 0.1) is 5.41 Å². The lowest BCUT2D eigenvalue weighted by atomic mass is 9.70. The molecule has 51 heavy (non-hydrogen) atoms. The minimum atomic E-state index is -0.423. The highest BCUT2D eigenvalue weighted by atomic mass is 15.0. The third-order valence-electron chi connectivity index (χ3n) is 10.9. The van der Waals surface area contributed by atoms with Crippen LogP contribution in [0.5, 0.6) is 0 Å². The van der Waals surface area contributed by atoms with E-state index in [-0.39, 0.29) is 0 Å². The topological polar surface area (TPSA) is 38.7 Å². The van der Waals surface area contributed by atoms with Crippen molar-refractivity contribution in [1.82, 2.24) is 15.0 Å². The van der Waals surface area contributed by atoms with Crippen molar-refractivity contribution in [3.8, 4) is 56.4 Å². The molecule has 11 rings (SSSR count). The molecule has 0 amide bonds. The molecule has 0 radical (unpaired) electrons. The highest BCUT2D eigenvalue weighted by Crippen LogP contribution is 2.63. The van der Waals surface area contributed by atoms with Crippen LogP contribution in [0, 0.1) is 0 Å². The van der Waals surface area contributed by atoms with Crippen molar-refractivity contribution in [1.29, 1.82) is 0 Å². The Morgan fingerprint density at radius 3 is 1.37 bits per heavy atom. The summed E-state index contributed by atoms with van der Waals surface area (Å²) in [5.74, 6) is 1.96. The van der Waals surface area contributed by atoms with E-state index in [1.54, 1.807) is 0 Å². The molecule has 2 aliphatic rings. The van der Waals surface area contributed by atoms with Crippen molar-refractivity contribution >= 4 is 21.5 Å². The van der Waals surface area contributed by atoms with Gasteiger partial charge in [0.15, 0.2) is 17.5 Å². The van der Waals surface area contributed by atoms with Gasteiger partial charge in [-0.15, -0.1) is 0 Å². The summed E-state index contributed by atoms with van der Waals surface area (Å²) in [7, 11) is 0. The summed E-state index contributed by atoms with van der Waals surface area (Å²) in [6, 6.07) is 63.1. The first-order valence-electron chi connectivity index (χ1n) is 17.5. The molecule has 0 N–H and O–H groups in total. The number of nitrogens with zero attached hydrogens (tertiary/aromatic N) is 3. The summed E-state index contributed by atoms with van der Waals surface area (Å²) in [4.78, 5) is 15.3. The van der Waals surface area contributed by atoms with E-state index in [0.29, 0.717) is 17.5 Å². The number of fused-ring (bicyclic) bond motifs is 7. The predicted octanol–water partition coefficient (Wildman–Crippen LogP) is 11.5. The summed E-state index contributed by atoms with van der Waals surface area (Å²) in [6.45, 7) is 0. The highest BCUT2D eigenvalue weighted by molar-refractivity contribution is 6.18. The van der Waals surface area contributed by atoms with Gasteiger partial charge >= 0.3 is 0 Å². The van der Waals surface area contributed by atoms with E-state index in [1.807, 2.05) is 36.4 Å². The molecular weight excluding hydrogens is 619 g/mol. The highest BCUT2D eigenvalue weighted by Gasteiger charge is 2.51. The van der Waals surface area contributed by atoms with Gasteiger partial charge < -0.3 is 0 Å². The van der Waals surface area contributed by atoms with Crippen LogP contribution in [-0.4, -0.2) is 15.0 Å². The second-order valence-electron chi connectivity index (χ2n) is 13.5. The SMILES string of the molecule is c1ccc(-c2nc(-c3ccccc3)nc(-c3ccccc3-c3cccc4c3-c3ccccc3C43c4cccc5ccc6cccc3c6c45)n2)cc1. The first-order valence-corrected chi connectivity index (χ1v) is 17.5. The molecule has 3 nitrogen and oxygen atoms in total. The van der Waals surface area contributed by atoms with Gasteiger partial charge in [-0.1, -0.05) is 176 Å². The number of hydrogen-bond donors (Lipinski definition) is 0. The van der Waals surface area contributed by atoms with Crippen LogP contribution in [0.2, 0.25) is 0 Å². The lowest BCUT2D eigenvalue weighted by Crippen LogP contribution is -2.26. The standard InChI is InChI=1S/C48H29N3/c1-3-14-32(15-4-1)45-49-46(33-16-5-2-6-17-33)51-47(50-45)36-21-8-7-20-34(36)35-23-13-27-41-44(35)37-22-9-10-24-38(37)48(41)39-25-11-18-30-28-29-31-19-12-26-40(48)43(31)42(30)39/h1-29H. The molecule has 9 aromatic rings. The predicted molar refractivity (Wildman–Crippen MR) is 207 cm³/mol. The van der Waals surface area contributed by atoms with Crippen LogP contribution in [-0.2, 0) is 5.41 Å². The number of hydrogen-bond acceptors (Lipinski definition) is 3.